The molecule has 1 aliphatic heterocycles. The Balaban J connectivity index is 1.42. The first kappa shape index (κ1) is 24.7. The molecule has 35 heavy (non-hydrogen) atoms. The highest BCUT2D eigenvalue weighted by Crippen LogP contribution is 2.37. The van der Waals surface area contributed by atoms with E-state index in [1.54, 1.807) is 6.20 Å². The van der Waals surface area contributed by atoms with Gasteiger partial charge in [-0.25, -0.2) is 9.97 Å². The molecule has 1 saturated heterocycles. The number of nitrogens with one attached hydrogen (secondary N) is 2. The number of halogens is 3. The number of hydrogen-bond acceptors (Lipinski definition) is 5. The Hall–Kier alpha value is -3.43. The van der Waals surface area contributed by atoms with E-state index < -0.39 is 11.7 Å². The molecule has 1 atom stereocenters. The van der Waals surface area contributed by atoms with Crippen LogP contribution in [0.15, 0.2) is 36.5 Å². The summed E-state index contributed by atoms with van der Waals surface area (Å²) in [5, 5.41) is 10.3. The summed E-state index contributed by atoms with van der Waals surface area (Å²) >= 11 is 0. The van der Waals surface area contributed by atoms with E-state index in [9.17, 15) is 18.0 Å². The van der Waals surface area contributed by atoms with E-state index >= 15 is 0 Å². The van der Waals surface area contributed by atoms with E-state index in [2.05, 4.69) is 25.5 Å². The molecule has 1 fully saturated rings. The lowest BCUT2D eigenvalue weighted by atomic mass is 9.94. The minimum atomic E-state index is -4.39. The van der Waals surface area contributed by atoms with E-state index in [-0.39, 0.29) is 11.9 Å². The van der Waals surface area contributed by atoms with E-state index in [0.29, 0.717) is 37.4 Å². The lowest BCUT2D eigenvalue weighted by Crippen LogP contribution is -2.39. The number of H-pyrrole nitrogens is 1. The predicted molar refractivity (Wildman–Crippen MR) is 127 cm³/mol. The van der Waals surface area contributed by atoms with Crippen LogP contribution in [0.25, 0.3) is 11.1 Å². The highest BCUT2D eigenvalue weighted by Gasteiger charge is 2.32. The van der Waals surface area contributed by atoms with Gasteiger partial charge in [0.2, 0.25) is 11.9 Å². The number of amides is 1. The molecule has 1 aliphatic rings. The molecule has 1 amide bonds. The normalized spacial score (nSPS) is 16.4. The smallest absolute Gasteiger partial charge is 0.354 e. The van der Waals surface area contributed by atoms with Crippen molar-refractivity contribution in [2.45, 2.75) is 58.2 Å². The van der Waals surface area contributed by atoms with Gasteiger partial charge >= 0.3 is 6.18 Å². The van der Waals surface area contributed by atoms with Crippen molar-refractivity contribution in [1.82, 2.24) is 25.1 Å². The van der Waals surface area contributed by atoms with Crippen LogP contribution in [-0.4, -0.2) is 44.1 Å². The third-order valence-corrected chi connectivity index (χ3v) is 6.18. The summed E-state index contributed by atoms with van der Waals surface area (Å²) in [7, 11) is 0. The SMILES string of the molecule is Cc1cc(C)nc(NCCCC(=O)N2CCCC[C@H]2c2[nH]ncc2-c2ccc(C(F)(F)F)cc2)n1. The monoisotopic (exact) mass is 486 g/mol. The standard InChI is InChI=1S/C25H29F3N6O/c1-16-14-17(2)32-24(31-16)29-12-5-7-22(35)34-13-4-3-6-21(34)23-20(15-30-33-23)18-8-10-19(11-9-18)25(26,27)28/h8-11,14-15,21H,3-7,12-13H2,1-2H3,(H,30,33)(H,29,31,32)/t21-/m0/s1. The molecule has 0 bridgehead atoms. The topological polar surface area (TPSA) is 86.8 Å². The number of aryl methyl sites for hydroxylation is 2. The van der Waals surface area contributed by atoms with Crippen molar-refractivity contribution in [1.29, 1.82) is 0 Å². The lowest BCUT2D eigenvalue weighted by Gasteiger charge is -2.36. The van der Waals surface area contributed by atoms with Crippen LogP contribution < -0.4 is 5.32 Å². The third-order valence-electron chi connectivity index (χ3n) is 6.18. The summed E-state index contributed by atoms with van der Waals surface area (Å²) in [6, 6.07) is 6.76. The van der Waals surface area contributed by atoms with Gasteiger partial charge in [-0.1, -0.05) is 12.1 Å². The number of nitrogens with zero attached hydrogens (tertiary/aromatic N) is 4. The van der Waals surface area contributed by atoms with Crippen molar-refractivity contribution in [2.75, 3.05) is 18.4 Å². The minimum Gasteiger partial charge on any atom is -0.354 e. The fourth-order valence-corrected chi connectivity index (χ4v) is 4.54. The molecule has 2 N–H and O–H groups in total. The van der Waals surface area contributed by atoms with Crippen LogP contribution >= 0.6 is 0 Å². The van der Waals surface area contributed by atoms with Gasteiger partial charge in [0.1, 0.15) is 0 Å². The van der Waals surface area contributed by atoms with Crippen LogP contribution in [0, 0.1) is 13.8 Å². The molecular formula is C25H29F3N6O. The van der Waals surface area contributed by atoms with E-state index in [0.717, 1.165) is 54.0 Å². The van der Waals surface area contributed by atoms with Gasteiger partial charge in [0.05, 0.1) is 23.5 Å². The number of benzene rings is 1. The highest BCUT2D eigenvalue weighted by molar-refractivity contribution is 5.77. The number of carbonyl (C=O) groups is 1. The molecule has 10 heteroatoms. The lowest BCUT2D eigenvalue weighted by molar-refractivity contribution is -0.137. The maximum Gasteiger partial charge on any atom is 0.416 e. The fourth-order valence-electron chi connectivity index (χ4n) is 4.54. The first-order chi connectivity index (χ1) is 16.7. The van der Waals surface area contributed by atoms with Gasteiger partial charge < -0.3 is 10.2 Å². The number of likely N-dealkylation sites (tertiary alicyclic amines) is 1. The maximum absolute atomic E-state index is 13.1. The largest absolute Gasteiger partial charge is 0.416 e. The molecule has 1 aromatic carbocycles. The molecule has 0 saturated carbocycles. The van der Waals surface area contributed by atoms with E-state index in [4.69, 9.17) is 0 Å². The van der Waals surface area contributed by atoms with E-state index in [1.807, 2.05) is 24.8 Å². The van der Waals surface area contributed by atoms with Gasteiger partial charge in [0.25, 0.3) is 0 Å². The van der Waals surface area contributed by atoms with Crippen molar-refractivity contribution in [3.8, 4) is 11.1 Å². The average molecular weight is 487 g/mol. The average Bonchev–Trinajstić information content (AvgIpc) is 3.30. The quantitative estimate of drug-likeness (QED) is 0.434. The van der Waals surface area contributed by atoms with Crippen LogP contribution in [0.3, 0.4) is 0 Å². The van der Waals surface area contributed by atoms with Crippen LogP contribution in [0.2, 0.25) is 0 Å². The Labute approximate surface area is 202 Å². The molecule has 0 spiro atoms. The number of rotatable bonds is 7. The number of anilines is 1. The number of piperidine rings is 1. The summed E-state index contributed by atoms with van der Waals surface area (Å²) in [5.41, 5.74) is 3.20. The van der Waals surface area contributed by atoms with Gasteiger partial charge in [0.15, 0.2) is 0 Å². The molecule has 7 nitrogen and oxygen atoms in total. The molecule has 0 unspecified atom stereocenters. The Morgan fingerprint density at radius 2 is 1.86 bits per heavy atom. The Kier molecular flexibility index (Phi) is 7.37. The Morgan fingerprint density at radius 1 is 1.14 bits per heavy atom. The van der Waals surface area contributed by atoms with E-state index in [1.165, 1.54) is 12.1 Å². The molecule has 0 aliphatic carbocycles. The maximum atomic E-state index is 13.1. The Bertz CT molecular complexity index is 1140. The number of aromatic nitrogens is 4. The van der Waals surface area contributed by atoms with Gasteiger partial charge in [-0.3, -0.25) is 9.89 Å². The zero-order chi connectivity index (χ0) is 25.0. The molecule has 3 heterocycles. The van der Waals surface area contributed by atoms with Crippen LogP contribution in [0.1, 0.15) is 60.8 Å². The van der Waals surface area contributed by atoms with Gasteiger partial charge in [-0.05, 0) is 63.3 Å². The van der Waals surface area contributed by atoms with Crippen LogP contribution in [0.4, 0.5) is 19.1 Å². The van der Waals surface area contributed by atoms with Crippen molar-refractivity contribution >= 4 is 11.9 Å². The second-order valence-corrected chi connectivity index (χ2v) is 8.88. The summed E-state index contributed by atoms with van der Waals surface area (Å²) in [5.74, 6) is 0.607. The second-order valence-electron chi connectivity index (χ2n) is 8.88. The molecule has 186 valence electrons. The van der Waals surface area contributed by atoms with Crippen LogP contribution in [0.5, 0.6) is 0 Å². The molecule has 3 aromatic rings. The number of carbonyl (C=O) groups excluding carboxylic acids is 1. The number of hydrogen-bond donors (Lipinski definition) is 2. The highest BCUT2D eigenvalue weighted by atomic mass is 19.4. The summed E-state index contributed by atoms with van der Waals surface area (Å²) in [6.45, 7) is 5.04. The van der Waals surface area contributed by atoms with Gasteiger partial charge in [-0.2, -0.15) is 18.3 Å². The minimum absolute atomic E-state index is 0.0470. The van der Waals surface area contributed by atoms with Crippen molar-refractivity contribution in [2.24, 2.45) is 0 Å². The molecule has 2 aromatic heterocycles. The predicted octanol–water partition coefficient (Wildman–Crippen LogP) is 5.45. The van der Waals surface area contributed by atoms with Crippen molar-refractivity contribution in [3.63, 3.8) is 0 Å². The zero-order valence-corrected chi connectivity index (χ0v) is 19.8. The molecular weight excluding hydrogens is 457 g/mol. The van der Waals surface area contributed by atoms with Crippen LogP contribution in [-0.2, 0) is 11.0 Å². The number of aromatic amines is 1. The van der Waals surface area contributed by atoms with Gasteiger partial charge in [-0.15, -0.1) is 0 Å². The van der Waals surface area contributed by atoms with Crippen molar-refractivity contribution in [3.05, 3.63) is 59.2 Å². The van der Waals surface area contributed by atoms with Gasteiger partial charge in [0, 0.05) is 36.5 Å². The molecule has 0 radical (unpaired) electrons. The first-order valence-electron chi connectivity index (χ1n) is 11.8. The third kappa shape index (κ3) is 5.98. The first-order valence-corrected chi connectivity index (χ1v) is 11.8. The Morgan fingerprint density at radius 3 is 2.54 bits per heavy atom. The zero-order valence-electron chi connectivity index (χ0n) is 19.8. The summed E-state index contributed by atoms with van der Waals surface area (Å²) < 4.78 is 38.9. The van der Waals surface area contributed by atoms with Crippen molar-refractivity contribution < 1.29 is 18.0 Å². The molecule has 4 rings (SSSR count). The summed E-state index contributed by atoms with van der Waals surface area (Å²) in [6.07, 6.45) is 0.889. The second kappa shape index (κ2) is 10.5. The fraction of sp³-hybridized carbons (Fsp3) is 0.440. The summed E-state index contributed by atoms with van der Waals surface area (Å²) in [4.78, 5) is 23.7. The number of alkyl halides is 3.